The third-order valence-corrected chi connectivity index (χ3v) is 8.56. The van der Waals surface area contributed by atoms with E-state index in [9.17, 15) is 14.9 Å². The Morgan fingerprint density at radius 3 is 2.52 bits per heavy atom. The van der Waals surface area contributed by atoms with Gasteiger partial charge in [0.05, 0.1) is 27.4 Å². The molecule has 1 aliphatic rings. The highest BCUT2D eigenvalue weighted by atomic mass is 32.9. The number of rotatable bonds is 3. The number of fused-ring (bicyclic) bond motifs is 3. The van der Waals surface area contributed by atoms with Crippen molar-refractivity contribution in [2.45, 2.75) is 32.7 Å². The average Bonchev–Trinajstić information content (AvgIpc) is 3.06. The number of aryl methyl sites for hydroxylation is 1. The maximum atomic E-state index is 13.5. The van der Waals surface area contributed by atoms with E-state index in [1.807, 2.05) is 43.9 Å². The number of amides is 1. The predicted molar refractivity (Wildman–Crippen MR) is 121 cm³/mol. The molecule has 2 heterocycles. The highest BCUT2D eigenvalue weighted by molar-refractivity contribution is 7.80. The van der Waals surface area contributed by atoms with E-state index < -0.39 is 10.5 Å². The van der Waals surface area contributed by atoms with Crippen molar-refractivity contribution in [1.29, 1.82) is 0 Å². The first-order chi connectivity index (χ1) is 13.7. The number of anilines is 1. The molecule has 1 aliphatic heterocycles. The van der Waals surface area contributed by atoms with E-state index in [0.29, 0.717) is 0 Å². The number of carbonyl (C=O) groups is 1. The molecule has 0 N–H and O–H groups in total. The zero-order valence-electron chi connectivity index (χ0n) is 16.1. The Bertz CT molecular complexity index is 1190. The van der Waals surface area contributed by atoms with Gasteiger partial charge in [-0.15, -0.1) is 0 Å². The lowest BCUT2D eigenvalue weighted by atomic mass is 9.85. The monoisotopic (exact) mass is 442 g/mol. The molecule has 0 saturated heterocycles. The van der Waals surface area contributed by atoms with Crippen LogP contribution in [-0.2, 0) is 16.8 Å². The summed E-state index contributed by atoms with van der Waals surface area (Å²) < 4.78 is 0.854. The van der Waals surface area contributed by atoms with Crippen LogP contribution in [0, 0.1) is 20.9 Å². The highest BCUT2D eigenvalue weighted by Gasteiger charge is 2.43. The van der Waals surface area contributed by atoms with Crippen molar-refractivity contribution in [2.24, 2.45) is 0 Å². The van der Waals surface area contributed by atoms with Gasteiger partial charge in [-0.3, -0.25) is 14.9 Å². The molecule has 0 atom stereocenters. The maximum absolute atomic E-state index is 13.5. The van der Waals surface area contributed by atoms with Gasteiger partial charge in [-0.1, -0.05) is 63.2 Å². The van der Waals surface area contributed by atoms with Crippen molar-refractivity contribution in [3.05, 3.63) is 72.4 Å². The van der Waals surface area contributed by atoms with Crippen molar-refractivity contribution >= 4 is 50.2 Å². The van der Waals surface area contributed by atoms with Crippen molar-refractivity contribution in [3.8, 4) is 11.1 Å². The van der Waals surface area contributed by atoms with Gasteiger partial charge in [0.15, 0.2) is 0 Å². The molecule has 4 rings (SSSR count). The van der Waals surface area contributed by atoms with Crippen LogP contribution in [0.3, 0.4) is 0 Å². The minimum Gasteiger partial charge on any atom is -0.301 e. The summed E-state index contributed by atoms with van der Waals surface area (Å²) in [5, 5.41) is 10.9. The van der Waals surface area contributed by atoms with Gasteiger partial charge in [-0.25, -0.2) is 0 Å². The van der Waals surface area contributed by atoms with Gasteiger partial charge in [-0.05, 0) is 31.9 Å². The van der Waals surface area contributed by atoms with Crippen LogP contribution in [0.1, 0.15) is 29.9 Å². The molecule has 2 aromatic carbocycles. The van der Waals surface area contributed by atoms with Crippen molar-refractivity contribution < 1.29 is 9.72 Å². The van der Waals surface area contributed by atoms with Crippen LogP contribution in [0.15, 0.2) is 42.5 Å². The van der Waals surface area contributed by atoms with E-state index in [-0.39, 0.29) is 18.0 Å². The molecule has 148 valence electrons. The molecular weight excluding hydrogens is 424 g/mol. The lowest BCUT2D eigenvalue weighted by Gasteiger charge is -2.43. The number of hydrogen-bond acceptors (Lipinski definition) is 6. The largest absolute Gasteiger partial charge is 0.301 e. The fraction of sp³-hybridized carbons (Fsp3) is 0.238. The van der Waals surface area contributed by atoms with Gasteiger partial charge in [0.25, 0.3) is 5.69 Å². The topological polar surface area (TPSA) is 63.5 Å². The van der Waals surface area contributed by atoms with Gasteiger partial charge in [0.1, 0.15) is 3.82 Å². The van der Waals surface area contributed by atoms with Gasteiger partial charge < -0.3 is 4.90 Å². The van der Waals surface area contributed by atoms with Crippen LogP contribution < -0.4 is 4.90 Å². The molecule has 8 heteroatoms. The Morgan fingerprint density at radius 2 is 1.86 bits per heavy atom. The predicted octanol–water partition coefficient (Wildman–Crippen LogP) is 6.25. The first-order valence-electron chi connectivity index (χ1n) is 9.02. The second-order valence-corrected chi connectivity index (χ2v) is 10.3. The summed E-state index contributed by atoms with van der Waals surface area (Å²) in [6.07, 6.45) is 0.167. The molecule has 5 nitrogen and oxygen atoms in total. The molecule has 1 amide bonds. The fourth-order valence-electron chi connectivity index (χ4n) is 3.86. The third-order valence-electron chi connectivity index (χ3n) is 5.23. The van der Waals surface area contributed by atoms with Crippen LogP contribution in [0.2, 0.25) is 0 Å². The number of carbonyl (C=O) groups excluding carboxylic acids is 1. The molecule has 0 fully saturated rings. The van der Waals surface area contributed by atoms with Gasteiger partial charge in [-0.2, -0.15) is 0 Å². The summed E-state index contributed by atoms with van der Waals surface area (Å²) >= 11 is 5.61. The van der Waals surface area contributed by atoms with E-state index in [0.717, 1.165) is 36.6 Å². The Hall–Kier alpha value is -2.42. The first-order valence-corrected chi connectivity index (χ1v) is 11.6. The molecule has 0 aliphatic carbocycles. The van der Waals surface area contributed by atoms with E-state index >= 15 is 0 Å². The summed E-state index contributed by atoms with van der Waals surface area (Å²) in [6.45, 7) is 6.10. The summed E-state index contributed by atoms with van der Waals surface area (Å²) in [4.78, 5) is 26.9. The van der Waals surface area contributed by atoms with Crippen molar-refractivity contribution in [2.75, 3.05) is 4.90 Å². The van der Waals surface area contributed by atoms with Gasteiger partial charge in [0, 0.05) is 23.3 Å². The SMILES string of the molecule is Cc1cccc2c1N(C(=O)Cc1ccc([N+](=O)[O-])cc1)C(C)(C)c1ssc(=S)c1-2. The lowest BCUT2D eigenvalue weighted by molar-refractivity contribution is -0.384. The number of para-hydroxylation sites is 1. The summed E-state index contributed by atoms with van der Waals surface area (Å²) in [5.74, 6) is -0.0469. The average molecular weight is 443 g/mol. The third kappa shape index (κ3) is 3.21. The zero-order chi connectivity index (χ0) is 20.9. The number of benzene rings is 2. The second-order valence-electron chi connectivity index (χ2n) is 7.52. The minimum atomic E-state index is -0.537. The molecule has 0 unspecified atom stereocenters. The Balaban J connectivity index is 1.80. The quantitative estimate of drug-likeness (QED) is 0.208. The molecular formula is C21H18N2O3S3. The van der Waals surface area contributed by atoms with Crippen molar-refractivity contribution in [1.82, 2.24) is 0 Å². The molecule has 0 radical (unpaired) electrons. The molecule has 0 bridgehead atoms. The van der Waals surface area contributed by atoms with E-state index in [1.165, 1.54) is 12.1 Å². The number of nitrogens with zero attached hydrogens (tertiary/aromatic N) is 2. The normalized spacial score (nSPS) is 14.2. The van der Waals surface area contributed by atoms with Crippen LogP contribution in [0.4, 0.5) is 11.4 Å². The zero-order valence-corrected chi connectivity index (χ0v) is 18.5. The Kier molecular flexibility index (Phi) is 4.88. The lowest BCUT2D eigenvalue weighted by Crippen LogP contribution is -2.48. The molecule has 1 aromatic heterocycles. The molecule has 3 aromatic rings. The van der Waals surface area contributed by atoms with Gasteiger partial charge in [0.2, 0.25) is 5.91 Å². The standard InChI is InChI=1S/C21H18N2O3S3/c1-12-5-4-6-15-17-19(28-29-20(17)27)21(2,3)22(18(12)15)16(24)11-13-7-9-14(10-8-13)23(25)26/h4-10H,11H2,1-3H3. The van der Waals surface area contributed by atoms with Crippen LogP contribution >= 0.6 is 32.9 Å². The smallest absolute Gasteiger partial charge is 0.269 e. The molecule has 0 saturated carbocycles. The van der Waals surface area contributed by atoms with E-state index in [2.05, 4.69) is 0 Å². The van der Waals surface area contributed by atoms with E-state index in [1.54, 1.807) is 32.8 Å². The minimum absolute atomic E-state index is 0.0170. The fourth-order valence-corrected chi connectivity index (χ4v) is 7.14. The second kappa shape index (κ2) is 7.12. The molecule has 0 spiro atoms. The maximum Gasteiger partial charge on any atom is 0.269 e. The highest BCUT2D eigenvalue weighted by Crippen LogP contribution is 2.53. The Morgan fingerprint density at radius 1 is 1.17 bits per heavy atom. The van der Waals surface area contributed by atoms with Gasteiger partial charge >= 0.3 is 0 Å². The molecule has 29 heavy (non-hydrogen) atoms. The Labute approximate surface area is 180 Å². The van der Waals surface area contributed by atoms with E-state index in [4.69, 9.17) is 12.2 Å². The van der Waals surface area contributed by atoms with Crippen LogP contribution in [0.5, 0.6) is 0 Å². The van der Waals surface area contributed by atoms with Crippen molar-refractivity contribution in [3.63, 3.8) is 0 Å². The number of non-ortho nitro benzene ring substituents is 1. The summed E-state index contributed by atoms with van der Waals surface area (Å²) in [7, 11) is 3.20. The number of nitro benzene ring substituents is 1. The number of nitro groups is 1. The van der Waals surface area contributed by atoms with Crippen LogP contribution in [-0.4, -0.2) is 10.8 Å². The van der Waals surface area contributed by atoms with Crippen LogP contribution in [0.25, 0.3) is 11.1 Å². The first kappa shape index (κ1) is 19.9. The summed E-state index contributed by atoms with van der Waals surface area (Å²) in [6, 6.07) is 12.2. The summed E-state index contributed by atoms with van der Waals surface area (Å²) in [5.41, 5.74) is 4.21. The number of hydrogen-bond donors (Lipinski definition) is 0.